The van der Waals surface area contributed by atoms with Crippen molar-refractivity contribution < 1.29 is 14.6 Å². The van der Waals surface area contributed by atoms with E-state index in [0.29, 0.717) is 12.3 Å². The van der Waals surface area contributed by atoms with E-state index in [1.165, 1.54) is 0 Å². The summed E-state index contributed by atoms with van der Waals surface area (Å²) in [7, 11) is 1.64. The van der Waals surface area contributed by atoms with Crippen molar-refractivity contribution in [1.29, 1.82) is 0 Å². The third-order valence-corrected chi connectivity index (χ3v) is 3.16. The van der Waals surface area contributed by atoms with Crippen molar-refractivity contribution in [2.24, 2.45) is 5.41 Å². The Labute approximate surface area is 109 Å². The number of methoxy groups -OCH3 is 1. The van der Waals surface area contributed by atoms with E-state index in [1.54, 1.807) is 21.0 Å². The van der Waals surface area contributed by atoms with Crippen molar-refractivity contribution in [2.45, 2.75) is 40.0 Å². The Kier molecular flexibility index (Phi) is 4.38. The lowest BCUT2D eigenvalue weighted by atomic mass is 9.84. The molecular weight excluding hydrogens is 228 g/mol. The van der Waals surface area contributed by atoms with Gasteiger partial charge in [0.2, 0.25) is 0 Å². The van der Waals surface area contributed by atoms with Gasteiger partial charge in [0.05, 0.1) is 12.5 Å². The smallest absolute Gasteiger partial charge is 0.309 e. The van der Waals surface area contributed by atoms with E-state index in [4.69, 9.17) is 4.74 Å². The van der Waals surface area contributed by atoms with Gasteiger partial charge >= 0.3 is 5.97 Å². The van der Waals surface area contributed by atoms with E-state index in [0.717, 1.165) is 16.9 Å². The molecule has 0 atom stereocenters. The Hall–Kier alpha value is -1.51. The number of rotatable bonds is 5. The average molecular weight is 250 g/mol. The van der Waals surface area contributed by atoms with Gasteiger partial charge in [-0.1, -0.05) is 32.0 Å². The Balaban J connectivity index is 3.17. The van der Waals surface area contributed by atoms with Gasteiger partial charge in [-0.3, -0.25) is 4.79 Å². The van der Waals surface area contributed by atoms with E-state index in [-0.39, 0.29) is 0 Å². The molecule has 0 amide bonds. The first kappa shape index (κ1) is 14.6. The monoisotopic (exact) mass is 250 g/mol. The van der Waals surface area contributed by atoms with Crippen LogP contribution in [0.3, 0.4) is 0 Å². The number of carboxylic acids is 1. The first-order valence-electron chi connectivity index (χ1n) is 6.18. The normalized spacial score (nSPS) is 11.7. The predicted octanol–water partition coefficient (Wildman–Crippen LogP) is 3.47. The lowest BCUT2D eigenvalue weighted by Gasteiger charge is -2.22. The Morgan fingerprint density at radius 3 is 2.44 bits per heavy atom. The van der Waals surface area contributed by atoms with Gasteiger partial charge in [-0.15, -0.1) is 0 Å². The van der Waals surface area contributed by atoms with Crippen LogP contribution in [0.4, 0.5) is 0 Å². The van der Waals surface area contributed by atoms with E-state index in [9.17, 15) is 9.90 Å². The van der Waals surface area contributed by atoms with Crippen LogP contribution in [0.5, 0.6) is 5.75 Å². The number of hydrogen-bond acceptors (Lipinski definition) is 2. The Morgan fingerprint density at radius 1 is 1.39 bits per heavy atom. The zero-order valence-electron chi connectivity index (χ0n) is 11.8. The van der Waals surface area contributed by atoms with Crippen molar-refractivity contribution in [3.8, 4) is 5.75 Å². The molecule has 0 aliphatic rings. The number of aliphatic carboxylic acids is 1. The van der Waals surface area contributed by atoms with Crippen LogP contribution in [0.1, 0.15) is 44.7 Å². The summed E-state index contributed by atoms with van der Waals surface area (Å²) in [5, 5.41) is 9.20. The van der Waals surface area contributed by atoms with Crippen LogP contribution in [0.25, 0.3) is 0 Å². The molecule has 0 bridgehead atoms. The molecule has 0 saturated heterocycles. The molecular formula is C15H22O3. The maximum absolute atomic E-state index is 11.2. The standard InChI is InChI=1S/C15H22O3/c1-10(2)12-8-6-7-11(13(12)18-5)9-15(3,4)14(16)17/h6-8,10H,9H2,1-5H3,(H,16,17). The predicted molar refractivity (Wildman–Crippen MR) is 72.2 cm³/mol. The highest BCUT2D eigenvalue weighted by atomic mass is 16.5. The van der Waals surface area contributed by atoms with E-state index >= 15 is 0 Å². The fourth-order valence-corrected chi connectivity index (χ4v) is 2.00. The summed E-state index contributed by atoms with van der Waals surface area (Å²) in [5.41, 5.74) is 1.29. The minimum absolute atomic E-state index is 0.354. The SMILES string of the molecule is COc1c(CC(C)(C)C(=O)O)cccc1C(C)C. The number of carboxylic acid groups (broad SMARTS) is 1. The first-order chi connectivity index (χ1) is 8.29. The molecule has 0 saturated carbocycles. The van der Waals surface area contributed by atoms with Crippen LogP contribution in [-0.2, 0) is 11.2 Å². The Morgan fingerprint density at radius 2 is 2.00 bits per heavy atom. The molecule has 0 aliphatic carbocycles. The van der Waals surface area contributed by atoms with E-state index in [2.05, 4.69) is 13.8 Å². The van der Waals surface area contributed by atoms with Crippen LogP contribution in [0.2, 0.25) is 0 Å². The third-order valence-electron chi connectivity index (χ3n) is 3.16. The largest absolute Gasteiger partial charge is 0.496 e. The van der Waals surface area contributed by atoms with Crippen molar-refractivity contribution in [1.82, 2.24) is 0 Å². The second-order valence-corrected chi connectivity index (χ2v) is 5.56. The summed E-state index contributed by atoms with van der Waals surface area (Å²) >= 11 is 0. The molecule has 0 unspecified atom stereocenters. The summed E-state index contributed by atoms with van der Waals surface area (Å²) in [5.74, 6) is 0.383. The van der Waals surface area contributed by atoms with Crippen LogP contribution in [0.15, 0.2) is 18.2 Å². The maximum atomic E-state index is 11.2. The van der Waals surface area contributed by atoms with Gasteiger partial charge in [-0.2, -0.15) is 0 Å². The topological polar surface area (TPSA) is 46.5 Å². The summed E-state index contributed by atoms with van der Waals surface area (Å²) in [6, 6.07) is 5.93. The lowest BCUT2D eigenvalue weighted by Crippen LogP contribution is -2.26. The number of benzene rings is 1. The molecule has 1 N–H and O–H groups in total. The second-order valence-electron chi connectivity index (χ2n) is 5.56. The zero-order valence-corrected chi connectivity index (χ0v) is 11.8. The quantitative estimate of drug-likeness (QED) is 0.870. The lowest BCUT2D eigenvalue weighted by molar-refractivity contribution is -0.146. The number of ether oxygens (including phenoxy) is 1. The fourth-order valence-electron chi connectivity index (χ4n) is 2.00. The summed E-state index contributed by atoms with van der Waals surface area (Å²) in [4.78, 5) is 11.2. The molecule has 0 fully saturated rings. The van der Waals surface area contributed by atoms with Crippen LogP contribution in [0, 0.1) is 5.41 Å². The molecule has 1 aromatic carbocycles. The van der Waals surface area contributed by atoms with Gasteiger partial charge in [0.25, 0.3) is 0 Å². The average Bonchev–Trinajstić information content (AvgIpc) is 2.27. The maximum Gasteiger partial charge on any atom is 0.309 e. The molecule has 3 heteroatoms. The van der Waals surface area contributed by atoms with Crippen LogP contribution >= 0.6 is 0 Å². The molecule has 0 aromatic heterocycles. The van der Waals surface area contributed by atoms with Gasteiger partial charge in [-0.25, -0.2) is 0 Å². The first-order valence-corrected chi connectivity index (χ1v) is 6.18. The van der Waals surface area contributed by atoms with Gasteiger partial charge < -0.3 is 9.84 Å². The highest BCUT2D eigenvalue weighted by molar-refractivity contribution is 5.74. The van der Waals surface area contributed by atoms with Gasteiger partial charge in [0, 0.05) is 0 Å². The summed E-state index contributed by atoms with van der Waals surface area (Å²) in [6.07, 6.45) is 0.464. The minimum Gasteiger partial charge on any atom is -0.496 e. The van der Waals surface area contributed by atoms with Crippen molar-refractivity contribution in [3.05, 3.63) is 29.3 Å². The van der Waals surface area contributed by atoms with E-state index in [1.807, 2.05) is 18.2 Å². The number of carbonyl (C=O) groups is 1. The van der Waals surface area contributed by atoms with Crippen molar-refractivity contribution in [3.63, 3.8) is 0 Å². The van der Waals surface area contributed by atoms with Crippen LogP contribution < -0.4 is 4.74 Å². The zero-order chi connectivity index (χ0) is 13.9. The fraction of sp³-hybridized carbons (Fsp3) is 0.533. The number of hydrogen-bond donors (Lipinski definition) is 1. The van der Waals surface area contributed by atoms with Crippen molar-refractivity contribution in [2.75, 3.05) is 7.11 Å². The van der Waals surface area contributed by atoms with Gasteiger partial charge in [0.1, 0.15) is 5.75 Å². The Bertz CT molecular complexity index is 433. The second kappa shape index (κ2) is 5.42. The highest BCUT2D eigenvalue weighted by Crippen LogP contribution is 2.34. The summed E-state index contributed by atoms with van der Waals surface area (Å²) in [6.45, 7) is 7.67. The third kappa shape index (κ3) is 3.03. The van der Waals surface area contributed by atoms with E-state index < -0.39 is 11.4 Å². The molecule has 1 rings (SSSR count). The molecule has 18 heavy (non-hydrogen) atoms. The highest BCUT2D eigenvalue weighted by Gasteiger charge is 2.29. The molecule has 1 aromatic rings. The molecule has 0 radical (unpaired) electrons. The van der Waals surface area contributed by atoms with Gasteiger partial charge in [0.15, 0.2) is 0 Å². The molecule has 0 aliphatic heterocycles. The van der Waals surface area contributed by atoms with Crippen LogP contribution in [-0.4, -0.2) is 18.2 Å². The molecule has 0 spiro atoms. The molecule has 100 valence electrons. The minimum atomic E-state index is -0.792. The summed E-state index contributed by atoms with van der Waals surface area (Å²) < 4.78 is 5.47. The number of para-hydroxylation sites is 1. The molecule has 0 heterocycles. The van der Waals surface area contributed by atoms with Gasteiger partial charge in [-0.05, 0) is 37.3 Å². The van der Waals surface area contributed by atoms with Crippen molar-refractivity contribution >= 4 is 5.97 Å². The molecule has 3 nitrogen and oxygen atoms in total.